The number of hydrogen-bond donors (Lipinski definition) is 0. The fraction of sp³-hybridized carbons (Fsp3) is 0.474. The molecule has 4 heterocycles. The zero-order valence-electron chi connectivity index (χ0n) is 17.0. The van der Waals surface area contributed by atoms with Crippen molar-refractivity contribution in [3.8, 4) is 10.8 Å². The molecule has 1 aliphatic heterocycles. The van der Waals surface area contributed by atoms with Crippen LogP contribution in [0.2, 0.25) is 0 Å². The predicted molar refractivity (Wildman–Crippen MR) is 115 cm³/mol. The zero-order chi connectivity index (χ0) is 22.3. The first kappa shape index (κ1) is 23.0. The quantitative estimate of drug-likeness (QED) is 0.416. The summed E-state index contributed by atoms with van der Waals surface area (Å²) in [6, 6.07) is 1.42. The molecule has 13 heteroatoms. The number of ether oxygens (including phenoxy) is 1. The molecule has 4 rings (SSSR count). The van der Waals surface area contributed by atoms with Crippen molar-refractivity contribution in [1.82, 2.24) is 25.1 Å². The highest BCUT2D eigenvalue weighted by atomic mass is 32.2. The summed E-state index contributed by atoms with van der Waals surface area (Å²) in [4.78, 5) is 11.1. The van der Waals surface area contributed by atoms with E-state index in [1.54, 1.807) is 18.1 Å². The van der Waals surface area contributed by atoms with E-state index in [0.717, 1.165) is 51.2 Å². The molecule has 0 atom stereocenters. The van der Waals surface area contributed by atoms with E-state index in [1.165, 1.54) is 23.6 Å². The molecule has 1 fully saturated rings. The minimum Gasteiger partial charge on any atom is -0.414 e. The van der Waals surface area contributed by atoms with Crippen molar-refractivity contribution in [2.75, 3.05) is 42.9 Å². The fourth-order valence-electron chi connectivity index (χ4n) is 3.08. The van der Waals surface area contributed by atoms with Crippen LogP contribution in [0.4, 0.5) is 18.9 Å². The average molecular weight is 487 g/mol. The number of pyridine rings is 1. The maximum atomic E-state index is 13.8. The standard InChI is InChI=1S/C19H21F3N6O2S2/c20-13-8-14(10-23-9-13)28(31-7-4-27-2-1-5-29-6-3-27)12-16-24-11-15(32-16)18-25-26-19(30-18)17(21)22/h8-11,17H,1-7,12H2. The number of hydrogen-bond acceptors (Lipinski definition) is 10. The van der Waals surface area contributed by atoms with Gasteiger partial charge >= 0.3 is 6.43 Å². The number of nitrogens with zero attached hydrogens (tertiary/aromatic N) is 6. The Bertz CT molecular complexity index is 997. The molecule has 8 nitrogen and oxygen atoms in total. The van der Waals surface area contributed by atoms with Gasteiger partial charge in [-0.15, -0.1) is 21.5 Å². The summed E-state index contributed by atoms with van der Waals surface area (Å²) in [6.07, 6.45) is 2.44. The fourth-order valence-corrected chi connectivity index (χ4v) is 5.01. The van der Waals surface area contributed by atoms with Crippen LogP contribution in [0.1, 0.15) is 23.7 Å². The summed E-state index contributed by atoms with van der Waals surface area (Å²) in [7, 11) is 0. The van der Waals surface area contributed by atoms with Gasteiger partial charge in [-0.3, -0.25) is 4.98 Å². The molecular weight excluding hydrogens is 465 g/mol. The normalized spacial score (nSPS) is 15.2. The van der Waals surface area contributed by atoms with Gasteiger partial charge in [-0.2, -0.15) is 8.78 Å². The molecule has 0 radical (unpaired) electrons. The molecule has 1 aliphatic rings. The van der Waals surface area contributed by atoms with Gasteiger partial charge in [-0.1, -0.05) is 0 Å². The summed E-state index contributed by atoms with van der Waals surface area (Å²) in [5, 5.41) is 7.70. The Labute approximate surface area is 190 Å². The van der Waals surface area contributed by atoms with Crippen molar-refractivity contribution in [3.63, 3.8) is 0 Å². The van der Waals surface area contributed by atoms with Crippen molar-refractivity contribution < 1.29 is 22.3 Å². The maximum Gasteiger partial charge on any atom is 0.314 e. The van der Waals surface area contributed by atoms with Gasteiger partial charge in [0.05, 0.1) is 37.4 Å². The monoisotopic (exact) mass is 486 g/mol. The first-order valence-corrected chi connectivity index (χ1v) is 11.7. The summed E-state index contributed by atoms with van der Waals surface area (Å²) < 4.78 is 51.6. The summed E-state index contributed by atoms with van der Waals surface area (Å²) >= 11 is 2.81. The third-order valence-electron chi connectivity index (χ3n) is 4.62. The first-order chi connectivity index (χ1) is 15.6. The Balaban J connectivity index is 1.43. The molecule has 32 heavy (non-hydrogen) atoms. The number of halogens is 3. The Morgan fingerprint density at radius 3 is 2.91 bits per heavy atom. The van der Waals surface area contributed by atoms with Crippen LogP contribution < -0.4 is 4.31 Å². The average Bonchev–Trinajstić information content (AvgIpc) is 3.38. The molecule has 0 bridgehead atoms. The van der Waals surface area contributed by atoms with Gasteiger partial charge in [-0.05, 0) is 18.4 Å². The van der Waals surface area contributed by atoms with Crippen LogP contribution in [0.15, 0.2) is 29.1 Å². The molecule has 0 unspecified atom stereocenters. The second kappa shape index (κ2) is 11.1. The molecule has 3 aromatic heterocycles. The van der Waals surface area contributed by atoms with Gasteiger partial charge in [-0.25, -0.2) is 9.37 Å². The van der Waals surface area contributed by atoms with E-state index in [1.807, 2.05) is 4.31 Å². The van der Waals surface area contributed by atoms with E-state index in [2.05, 4.69) is 25.1 Å². The number of alkyl halides is 2. The lowest BCUT2D eigenvalue weighted by atomic mass is 10.4. The summed E-state index contributed by atoms with van der Waals surface area (Å²) in [6.45, 7) is 4.64. The number of aromatic nitrogens is 4. The topological polar surface area (TPSA) is 80.4 Å². The highest BCUT2D eigenvalue weighted by Crippen LogP contribution is 2.31. The molecule has 0 spiro atoms. The van der Waals surface area contributed by atoms with E-state index in [4.69, 9.17) is 9.15 Å². The minimum atomic E-state index is -2.83. The van der Waals surface area contributed by atoms with Gasteiger partial charge in [0.2, 0.25) is 0 Å². The van der Waals surface area contributed by atoms with E-state index < -0.39 is 18.1 Å². The number of anilines is 1. The van der Waals surface area contributed by atoms with Crippen LogP contribution >= 0.6 is 23.3 Å². The van der Waals surface area contributed by atoms with Crippen LogP contribution in [-0.4, -0.2) is 63.7 Å². The first-order valence-electron chi connectivity index (χ1n) is 9.96. The second-order valence-electron chi connectivity index (χ2n) is 6.90. The van der Waals surface area contributed by atoms with Crippen molar-refractivity contribution in [2.24, 2.45) is 0 Å². The van der Waals surface area contributed by atoms with Gasteiger partial charge < -0.3 is 18.4 Å². The second-order valence-corrected chi connectivity index (χ2v) is 9.13. The predicted octanol–water partition coefficient (Wildman–Crippen LogP) is 4.04. The summed E-state index contributed by atoms with van der Waals surface area (Å²) in [5.41, 5.74) is 0.615. The van der Waals surface area contributed by atoms with E-state index in [0.29, 0.717) is 22.1 Å². The molecule has 0 amide bonds. The lowest BCUT2D eigenvalue weighted by molar-refractivity contribution is 0.116. The van der Waals surface area contributed by atoms with Crippen LogP contribution in [0.25, 0.3) is 10.8 Å². The largest absolute Gasteiger partial charge is 0.414 e. The smallest absolute Gasteiger partial charge is 0.314 e. The number of rotatable bonds is 9. The SMILES string of the molecule is Fc1cncc(N(Cc2ncc(-c3nnc(C(F)F)o3)s2)SCCN2CCCOCC2)c1. The third kappa shape index (κ3) is 6.18. The number of thiazole rings is 1. The lowest BCUT2D eigenvalue weighted by Crippen LogP contribution is -2.29. The molecule has 0 aliphatic carbocycles. The molecule has 0 aromatic carbocycles. The van der Waals surface area contributed by atoms with Crippen molar-refractivity contribution in [1.29, 1.82) is 0 Å². The van der Waals surface area contributed by atoms with Crippen LogP contribution in [0.3, 0.4) is 0 Å². The van der Waals surface area contributed by atoms with Gasteiger partial charge in [0.15, 0.2) is 0 Å². The maximum absolute atomic E-state index is 13.8. The van der Waals surface area contributed by atoms with E-state index >= 15 is 0 Å². The van der Waals surface area contributed by atoms with E-state index in [-0.39, 0.29) is 5.89 Å². The van der Waals surface area contributed by atoms with E-state index in [9.17, 15) is 13.2 Å². The Hall–Kier alpha value is -2.22. The Morgan fingerprint density at radius 1 is 1.19 bits per heavy atom. The molecule has 1 saturated heterocycles. The van der Waals surface area contributed by atoms with Crippen molar-refractivity contribution in [2.45, 2.75) is 19.4 Å². The Morgan fingerprint density at radius 2 is 2.09 bits per heavy atom. The summed E-state index contributed by atoms with van der Waals surface area (Å²) in [5.74, 6) is -0.366. The van der Waals surface area contributed by atoms with Gasteiger partial charge in [0.25, 0.3) is 11.8 Å². The molecular formula is C19H21F3N6O2S2. The van der Waals surface area contributed by atoms with Crippen LogP contribution in [0.5, 0.6) is 0 Å². The van der Waals surface area contributed by atoms with Gasteiger partial charge in [0.1, 0.15) is 15.7 Å². The van der Waals surface area contributed by atoms with Crippen LogP contribution in [0, 0.1) is 5.82 Å². The molecule has 172 valence electrons. The highest BCUT2D eigenvalue weighted by molar-refractivity contribution is 8.00. The lowest BCUT2D eigenvalue weighted by Gasteiger charge is -2.24. The molecule has 3 aromatic rings. The molecule has 0 N–H and O–H groups in total. The van der Waals surface area contributed by atoms with Gasteiger partial charge in [0, 0.05) is 38.1 Å². The zero-order valence-corrected chi connectivity index (χ0v) is 18.6. The molecule has 0 saturated carbocycles. The minimum absolute atomic E-state index is 0.000872. The van der Waals surface area contributed by atoms with Crippen molar-refractivity contribution >= 4 is 29.0 Å². The van der Waals surface area contributed by atoms with Crippen LogP contribution in [-0.2, 0) is 11.3 Å². The van der Waals surface area contributed by atoms with Crippen molar-refractivity contribution in [3.05, 3.63) is 41.4 Å². The Kier molecular flexibility index (Phi) is 7.95. The highest BCUT2D eigenvalue weighted by Gasteiger charge is 2.20. The third-order valence-corrected chi connectivity index (χ3v) is 6.61.